The van der Waals surface area contributed by atoms with Gasteiger partial charge in [-0.15, -0.1) is 0 Å². The Morgan fingerprint density at radius 2 is 2.21 bits per heavy atom. The average Bonchev–Trinajstić information content (AvgIpc) is 2.87. The van der Waals surface area contributed by atoms with Crippen molar-refractivity contribution in [1.29, 1.82) is 0 Å². The number of likely N-dealkylation sites (N-methyl/N-ethyl adjacent to an activating group) is 1. The number of nitrogens with zero attached hydrogens (tertiary/aromatic N) is 1. The Labute approximate surface area is 120 Å². The first-order valence-corrected chi connectivity index (χ1v) is 6.78. The molecule has 2 rings (SSSR count). The molecule has 0 aliphatic carbocycles. The molecule has 1 aromatic heterocycles. The van der Waals surface area contributed by atoms with Crippen LogP contribution in [0.4, 0.5) is 4.39 Å². The Bertz CT molecular complexity index is 530. The monoisotopic (exact) mass is 326 g/mol. The van der Waals surface area contributed by atoms with Crippen molar-refractivity contribution in [2.45, 2.75) is 12.6 Å². The molecule has 3 nitrogen and oxygen atoms in total. The minimum atomic E-state index is -0.276. The van der Waals surface area contributed by atoms with Crippen LogP contribution >= 0.6 is 15.9 Å². The molecule has 1 unspecified atom stereocenters. The highest BCUT2D eigenvalue weighted by Crippen LogP contribution is 2.24. The summed E-state index contributed by atoms with van der Waals surface area (Å²) in [5.41, 5.74) is 6.67. The lowest BCUT2D eigenvalue weighted by molar-refractivity contribution is 0.222. The maximum atomic E-state index is 13.6. The van der Waals surface area contributed by atoms with E-state index < -0.39 is 0 Å². The van der Waals surface area contributed by atoms with Gasteiger partial charge in [-0.2, -0.15) is 0 Å². The number of rotatable bonds is 5. The molecule has 0 radical (unpaired) electrons. The van der Waals surface area contributed by atoms with Crippen LogP contribution in [0.15, 0.2) is 45.5 Å². The quantitative estimate of drug-likeness (QED) is 0.916. The number of furan rings is 1. The topological polar surface area (TPSA) is 42.4 Å². The number of nitrogens with two attached hydrogens (primary N) is 1. The highest BCUT2D eigenvalue weighted by molar-refractivity contribution is 9.10. The molecule has 1 heterocycles. The summed E-state index contributed by atoms with van der Waals surface area (Å²) in [6, 6.07) is 8.80. The first kappa shape index (κ1) is 14.2. The zero-order chi connectivity index (χ0) is 13.8. The second-order valence-corrected chi connectivity index (χ2v) is 5.27. The number of benzene rings is 1. The van der Waals surface area contributed by atoms with Crippen LogP contribution in [0.2, 0.25) is 0 Å². The first-order chi connectivity index (χ1) is 9.11. The summed E-state index contributed by atoms with van der Waals surface area (Å²) in [5.74, 6) is 0.584. The lowest BCUT2D eigenvalue weighted by Crippen LogP contribution is -2.30. The van der Waals surface area contributed by atoms with E-state index in [2.05, 4.69) is 15.9 Å². The van der Waals surface area contributed by atoms with Gasteiger partial charge in [-0.25, -0.2) is 4.39 Å². The van der Waals surface area contributed by atoms with Crippen LogP contribution in [0.5, 0.6) is 0 Å². The van der Waals surface area contributed by atoms with E-state index in [1.54, 1.807) is 12.3 Å². The van der Waals surface area contributed by atoms with Crippen LogP contribution < -0.4 is 5.73 Å². The highest BCUT2D eigenvalue weighted by atomic mass is 79.9. The summed E-state index contributed by atoms with van der Waals surface area (Å²) in [7, 11) is 1.94. The van der Waals surface area contributed by atoms with E-state index in [9.17, 15) is 4.39 Å². The minimum absolute atomic E-state index is 0.0484. The van der Waals surface area contributed by atoms with Crippen molar-refractivity contribution in [3.8, 4) is 0 Å². The average molecular weight is 327 g/mol. The molecule has 2 N–H and O–H groups in total. The van der Waals surface area contributed by atoms with E-state index in [1.807, 2.05) is 30.1 Å². The molecule has 0 saturated carbocycles. The fourth-order valence-electron chi connectivity index (χ4n) is 2.05. The SMILES string of the molecule is CN(Cc1ccco1)C(CN)c1ccc(Br)c(F)c1. The highest BCUT2D eigenvalue weighted by Gasteiger charge is 2.17. The number of halogens is 2. The van der Waals surface area contributed by atoms with Gasteiger partial charge < -0.3 is 10.2 Å². The van der Waals surface area contributed by atoms with Gasteiger partial charge in [0.15, 0.2) is 0 Å². The molecule has 0 amide bonds. The smallest absolute Gasteiger partial charge is 0.137 e. The third kappa shape index (κ3) is 3.43. The number of hydrogen-bond donors (Lipinski definition) is 1. The Kier molecular flexibility index (Phi) is 4.74. The van der Waals surface area contributed by atoms with Gasteiger partial charge in [0.1, 0.15) is 11.6 Å². The van der Waals surface area contributed by atoms with Crippen LogP contribution in [0.25, 0.3) is 0 Å². The Morgan fingerprint density at radius 1 is 1.42 bits per heavy atom. The maximum Gasteiger partial charge on any atom is 0.137 e. The lowest BCUT2D eigenvalue weighted by atomic mass is 10.1. The van der Waals surface area contributed by atoms with Crippen LogP contribution in [-0.4, -0.2) is 18.5 Å². The third-order valence-corrected chi connectivity index (χ3v) is 3.71. The van der Waals surface area contributed by atoms with Crippen LogP contribution in [0, 0.1) is 5.82 Å². The molecule has 0 saturated heterocycles. The minimum Gasteiger partial charge on any atom is -0.468 e. The second kappa shape index (κ2) is 6.32. The molecule has 0 aliphatic heterocycles. The zero-order valence-electron chi connectivity index (χ0n) is 10.6. The molecule has 102 valence electrons. The van der Waals surface area contributed by atoms with Crippen LogP contribution in [-0.2, 0) is 6.54 Å². The van der Waals surface area contributed by atoms with Crippen LogP contribution in [0.1, 0.15) is 17.4 Å². The summed E-state index contributed by atoms with van der Waals surface area (Å²) in [5, 5.41) is 0. The largest absolute Gasteiger partial charge is 0.468 e. The summed E-state index contributed by atoms with van der Waals surface area (Å²) in [6.45, 7) is 1.05. The van der Waals surface area contributed by atoms with Gasteiger partial charge >= 0.3 is 0 Å². The van der Waals surface area contributed by atoms with Gasteiger partial charge in [-0.05, 0) is 52.8 Å². The predicted octanol–water partition coefficient (Wildman–Crippen LogP) is 3.31. The van der Waals surface area contributed by atoms with Crippen molar-refractivity contribution in [2.24, 2.45) is 5.73 Å². The molecule has 0 aliphatic rings. The third-order valence-electron chi connectivity index (χ3n) is 3.07. The molecule has 0 spiro atoms. The predicted molar refractivity (Wildman–Crippen MR) is 76.1 cm³/mol. The van der Waals surface area contributed by atoms with Gasteiger partial charge in [-0.3, -0.25) is 4.90 Å². The molecule has 1 atom stereocenters. The van der Waals surface area contributed by atoms with Crippen molar-refractivity contribution >= 4 is 15.9 Å². The summed E-state index contributed by atoms with van der Waals surface area (Å²) < 4.78 is 19.4. The van der Waals surface area contributed by atoms with Gasteiger partial charge in [0.2, 0.25) is 0 Å². The van der Waals surface area contributed by atoms with Gasteiger partial charge in [0.05, 0.1) is 17.3 Å². The lowest BCUT2D eigenvalue weighted by Gasteiger charge is -2.26. The second-order valence-electron chi connectivity index (χ2n) is 4.42. The van der Waals surface area contributed by atoms with Crippen molar-refractivity contribution < 1.29 is 8.81 Å². The van der Waals surface area contributed by atoms with E-state index in [-0.39, 0.29) is 11.9 Å². The molecular weight excluding hydrogens is 311 g/mol. The van der Waals surface area contributed by atoms with E-state index >= 15 is 0 Å². The molecule has 0 bridgehead atoms. The Balaban J connectivity index is 2.16. The van der Waals surface area contributed by atoms with E-state index in [0.29, 0.717) is 17.6 Å². The molecule has 5 heteroatoms. The molecule has 1 aromatic carbocycles. The Morgan fingerprint density at radius 3 is 2.79 bits per heavy atom. The van der Waals surface area contributed by atoms with Crippen molar-refractivity contribution in [2.75, 3.05) is 13.6 Å². The zero-order valence-corrected chi connectivity index (χ0v) is 12.2. The van der Waals surface area contributed by atoms with Gasteiger partial charge in [-0.1, -0.05) is 6.07 Å². The first-order valence-electron chi connectivity index (χ1n) is 5.99. The molecule has 0 fully saturated rings. The molecule has 19 heavy (non-hydrogen) atoms. The van der Waals surface area contributed by atoms with E-state index in [1.165, 1.54) is 6.07 Å². The maximum absolute atomic E-state index is 13.6. The van der Waals surface area contributed by atoms with E-state index in [0.717, 1.165) is 11.3 Å². The normalized spacial score (nSPS) is 12.9. The van der Waals surface area contributed by atoms with Crippen molar-refractivity contribution in [1.82, 2.24) is 4.90 Å². The van der Waals surface area contributed by atoms with E-state index in [4.69, 9.17) is 10.2 Å². The fourth-order valence-corrected chi connectivity index (χ4v) is 2.30. The molecular formula is C14H16BrFN2O. The standard InChI is InChI=1S/C14H16BrFN2O/c1-18(9-11-3-2-6-19-11)14(8-17)10-4-5-12(15)13(16)7-10/h2-7,14H,8-9,17H2,1H3. The van der Waals surface area contributed by atoms with Crippen molar-refractivity contribution in [3.63, 3.8) is 0 Å². The van der Waals surface area contributed by atoms with Gasteiger partial charge in [0.25, 0.3) is 0 Å². The summed E-state index contributed by atoms with van der Waals surface area (Å²) >= 11 is 3.15. The Hall–Kier alpha value is -1.17. The molecule has 2 aromatic rings. The summed E-state index contributed by atoms with van der Waals surface area (Å²) in [4.78, 5) is 2.04. The van der Waals surface area contributed by atoms with Crippen LogP contribution in [0.3, 0.4) is 0 Å². The summed E-state index contributed by atoms with van der Waals surface area (Å²) in [6.07, 6.45) is 1.64. The van der Waals surface area contributed by atoms with Gasteiger partial charge in [0, 0.05) is 12.6 Å². The number of hydrogen-bond acceptors (Lipinski definition) is 3. The van der Waals surface area contributed by atoms with Crippen molar-refractivity contribution in [3.05, 3.63) is 58.2 Å². The fraction of sp³-hybridized carbons (Fsp3) is 0.286.